The Morgan fingerprint density at radius 1 is 0.302 bits per heavy atom. The molecule has 43 heavy (non-hydrogen) atoms. The highest BCUT2D eigenvalue weighted by molar-refractivity contribution is 6.23. The second kappa shape index (κ2) is 9.44. The van der Waals surface area contributed by atoms with Gasteiger partial charge in [0.15, 0.2) is 0 Å². The number of furan rings is 1. The van der Waals surface area contributed by atoms with Crippen LogP contribution in [0.4, 0.5) is 0 Å². The zero-order valence-corrected chi connectivity index (χ0v) is 23.4. The quantitative estimate of drug-likeness (QED) is 0.201. The molecule has 0 aliphatic carbocycles. The Bertz CT molecular complexity index is 2440. The van der Waals surface area contributed by atoms with Gasteiger partial charge in [0, 0.05) is 10.8 Å². The fourth-order valence-electron chi connectivity index (χ4n) is 6.91. The molecule has 1 aromatic heterocycles. The summed E-state index contributed by atoms with van der Waals surface area (Å²) < 4.78 is 6.11. The lowest BCUT2D eigenvalue weighted by atomic mass is 9.84. The second-order valence-electron chi connectivity index (χ2n) is 11.3. The largest absolute Gasteiger partial charge is 0.456 e. The van der Waals surface area contributed by atoms with Crippen molar-refractivity contribution in [2.24, 2.45) is 0 Å². The van der Waals surface area contributed by atoms with Gasteiger partial charge in [0.05, 0.1) is 0 Å². The van der Waals surface area contributed by atoms with Gasteiger partial charge in [-0.25, -0.2) is 0 Å². The Hall–Kier alpha value is -5.66. The van der Waals surface area contributed by atoms with Gasteiger partial charge in [0.1, 0.15) is 11.2 Å². The lowest BCUT2D eigenvalue weighted by molar-refractivity contribution is 0.669. The fraction of sp³-hybridized carbons (Fsp3) is 0. The average Bonchev–Trinajstić information content (AvgIpc) is 3.45. The first-order valence-corrected chi connectivity index (χ1v) is 14.8. The molecule has 0 aliphatic rings. The molecule has 0 saturated heterocycles. The molecule has 1 nitrogen and oxygen atoms in total. The summed E-state index contributed by atoms with van der Waals surface area (Å²) in [5.41, 5.74) is 9.29. The van der Waals surface area contributed by atoms with E-state index in [1.165, 1.54) is 65.7 Å². The van der Waals surface area contributed by atoms with Gasteiger partial charge in [-0.3, -0.25) is 0 Å². The van der Waals surface area contributed by atoms with Crippen molar-refractivity contribution in [3.8, 4) is 33.4 Å². The van der Waals surface area contributed by atoms with Crippen LogP contribution in [0.3, 0.4) is 0 Å². The third-order valence-electron chi connectivity index (χ3n) is 8.86. The smallest absolute Gasteiger partial charge is 0.135 e. The van der Waals surface area contributed by atoms with Crippen LogP contribution in [0.25, 0.3) is 87.6 Å². The summed E-state index contributed by atoms with van der Waals surface area (Å²) in [5, 5.41) is 9.86. The second-order valence-corrected chi connectivity index (χ2v) is 11.3. The van der Waals surface area contributed by atoms with Crippen LogP contribution >= 0.6 is 0 Å². The van der Waals surface area contributed by atoms with Gasteiger partial charge >= 0.3 is 0 Å². The Morgan fingerprint density at radius 3 is 1.58 bits per heavy atom. The van der Waals surface area contributed by atoms with Crippen LogP contribution in [0, 0.1) is 0 Å². The topological polar surface area (TPSA) is 13.1 Å². The lowest BCUT2D eigenvalue weighted by Gasteiger charge is -2.19. The number of benzene rings is 8. The summed E-state index contributed by atoms with van der Waals surface area (Å²) in [7, 11) is 0. The van der Waals surface area contributed by atoms with Gasteiger partial charge in [-0.05, 0) is 90.0 Å². The molecule has 8 aromatic carbocycles. The summed E-state index contributed by atoms with van der Waals surface area (Å²) in [5.74, 6) is 0. The molecule has 0 atom stereocenters. The Labute approximate surface area is 249 Å². The number of rotatable bonds is 3. The van der Waals surface area contributed by atoms with E-state index in [-0.39, 0.29) is 0 Å². The molecule has 1 heterocycles. The molecule has 0 N–H and O–H groups in total. The van der Waals surface area contributed by atoms with Crippen molar-refractivity contribution >= 4 is 54.3 Å². The van der Waals surface area contributed by atoms with E-state index in [1.807, 2.05) is 12.1 Å². The van der Waals surface area contributed by atoms with E-state index < -0.39 is 0 Å². The predicted molar refractivity (Wildman–Crippen MR) is 183 cm³/mol. The van der Waals surface area contributed by atoms with Crippen molar-refractivity contribution in [3.63, 3.8) is 0 Å². The van der Waals surface area contributed by atoms with Crippen molar-refractivity contribution in [1.29, 1.82) is 0 Å². The normalized spacial score (nSPS) is 11.7. The molecule has 0 bridgehead atoms. The van der Waals surface area contributed by atoms with Crippen LogP contribution in [-0.4, -0.2) is 0 Å². The summed E-state index contributed by atoms with van der Waals surface area (Å²) in [6.45, 7) is 0. The number of hydrogen-bond acceptors (Lipinski definition) is 1. The van der Waals surface area contributed by atoms with Gasteiger partial charge in [-0.1, -0.05) is 133 Å². The molecule has 0 spiro atoms. The lowest BCUT2D eigenvalue weighted by Crippen LogP contribution is -1.91. The van der Waals surface area contributed by atoms with E-state index in [0.29, 0.717) is 0 Å². The van der Waals surface area contributed by atoms with Crippen molar-refractivity contribution in [1.82, 2.24) is 0 Å². The maximum atomic E-state index is 6.11. The summed E-state index contributed by atoms with van der Waals surface area (Å²) in [6.07, 6.45) is 0. The molecule has 1 heteroatoms. The third kappa shape index (κ3) is 3.72. The van der Waals surface area contributed by atoms with E-state index >= 15 is 0 Å². The molecular formula is C42H26O. The molecular weight excluding hydrogens is 520 g/mol. The van der Waals surface area contributed by atoms with E-state index in [2.05, 4.69) is 146 Å². The third-order valence-corrected chi connectivity index (χ3v) is 8.86. The fourth-order valence-corrected chi connectivity index (χ4v) is 6.91. The van der Waals surface area contributed by atoms with Gasteiger partial charge in [0.25, 0.3) is 0 Å². The predicted octanol–water partition coefficient (Wildman–Crippen LogP) is 12.0. The molecule has 0 saturated carbocycles. The number of para-hydroxylation sites is 1. The number of hydrogen-bond donors (Lipinski definition) is 0. The Balaban J connectivity index is 1.33. The minimum absolute atomic E-state index is 0.919. The zero-order valence-electron chi connectivity index (χ0n) is 23.4. The molecule has 9 aromatic rings. The van der Waals surface area contributed by atoms with Gasteiger partial charge in [-0.2, -0.15) is 0 Å². The van der Waals surface area contributed by atoms with Crippen molar-refractivity contribution < 1.29 is 4.42 Å². The first kappa shape index (κ1) is 24.0. The van der Waals surface area contributed by atoms with Crippen molar-refractivity contribution in [2.45, 2.75) is 0 Å². The molecule has 200 valence electrons. The van der Waals surface area contributed by atoms with Crippen molar-refractivity contribution in [2.75, 3.05) is 0 Å². The molecule has 0 fully saturated rings. The van der Waals surface area contributed by atoms with E-state index in [1.54, 1.807) is 0 Å². The van der Waals surface area contributed by atoms with Crippen LogP contribution in [0.1, 0.15) is 0 Å². The summed E-state index contributed by atoms with van der Waals surface area (Å²) in [4.78, 5) is 0. The Morgan fingerprint density at radius 2 is 0.860 bits per heavy atom. The minimum Gasteiger partial charge on any atom is -0.456 e. The average molecular weight is 547 g/mol. The molecule has 9 rings (SSSR count). The number of fused-ring (bicyclic) bond motifs is 6. The van der Waals surface area contributed by atoms with E-state index in [0.717, 1.165) is 21.9 Å². The summed E-state index contributed by atoms with van der Waals surface area (Å²) >= 11 is 0. The Kier molecular flexibility index (Phi) is 5.27. The van der Waals surface area contributed by atoms with Gasteiger partial charge < -0.3 is 4.42 Å². The first-order chi connectivity index (χ1) is 21.3. The standard InChI is InChI=1S/C42H26O/c1-2-11-28(12-3-1)41-32-15-4-6-17-34(32)42(35-18-7-5-16-33(35)41)36-19-10-13-27-21-22-29(25-37(27)36)30-23-24-40-38(26-30)31-14-8-9-20-39(31)43-40/h1-26H. The monoisotopic (exact) mass is 546 g/mol. The zero-order chi connectivity index (χ0) is 28.3. The van der Waals surface area contributed by atoms with Crippen LogP contribution < -0.4 is 0 Å². The van der Waals surface area contributed by atoms with Gasteiger partial charge in [-0.15, -0.1) is 0 Å². The molecule has 0 amide bonds. The highest BCUT2D eigenvalue weighted by Gasteiger charge is 2.18. The minimum atomic E-state index is 0.919. The SMILES string of the molecule is c1ccc(-c2c3ccccc3c(-c3cccc4ccc(-c5ccc6oc7ccccc7c6c5)cc34)c3ccccc23)cc1. The van der Waals surface area contributed by atoms with Gasteiger partial charge in [0.2, 0.25) is 0 Å². The van der Waals surface area contributed by atoms with E-state index in [4.69, 9.17) is 4.42 Å². The van der Waals surface area contributed by atoms with Crippen molar-refractivity contribution in [3.05, 3.63) is 158 Å². The van der Waals surface area contributed by atoms with Crippen LogP contribution in [0.15, 0.2) is 162 Å². The first-order valence-electron chi connectivity index (χ1n) is 14.8. The van der Waals surface area contributed by atoms with Crippen LogP contribution in [0.5, 0.6) is 0 Å². The maximum absolute atomic E-state index is 6.11. The molecule has 0 aliphatic heterocycles. The maximum Gasteiger partial charge on any atom is 0.135 e. The highest BCUT2D eigenvalue weighted by Crippen LogP contribution is 2.45. The highest BCUT2D eigenvalue weighted by atomic mass is 16.3. The van der Waals surface area contributed by atoms with Crippen LogP contribution in [-0.2, 0) is 0 Å². The van der Waals surface area contributed by atoms with Crippen LogP contribution in [0.2, 0.25) is 0 Å². The molecule has 0 unspecified atom stereocenters. The van der Waals surface area contributed by atoms with E-state index in [9.17, 15) is 0 Å². The molecule has 0 radical (unpaired) electrons. The summed E-state index contributed by atoms with van der Waals surface area (Å²) in [6, 6.07) is 56.9.